The molecule has 3 atom stereocenters. The quantitative estimate of drug-likeness (QED) is 0.925. The minimum atomic E-state index is -3.22. The highest BCUT2D eigenvalue weighted by molar-refractivity contribution is 7.91. The van der Waals surface area contributed by atoms with Crippen LogP contribution in [0, 0.1) is 11.8 Å². The zero-order valence-corrected chi connectivity index (χ0v) is 13.2. The molecule has 2 aliphatic rings. The summed E-state index contributed by atoms with van der Waals surface area (Å²) >= 11 is 0. The number of nitrogens with zero attached hydrogens (tertiary/aromatic N) is 1. The van der Waals surface area contributed by atoms with Gasteiger partial charge in [-0.1, -0.05) is 19.1 Å². The van der Waals surface area contributed by atoms with Crippen molar-refractivity contribution in [2.45, 2.75) is 37.2 Å². The van der Waals surface area contributed by atoms with E-state index in [2.05, 4.69) is 4.90 Å². The fourth-order valence-electron chi connectivity index (χ4n) is 3.79. The van der Waals surface area contributed by atoms with Gasteiger partial charge in [-0.05, 0) is 37.3 Å². The minimum Gasteiger partial charge on any atom is -0.393 e. The molecule has 0 spiro atoms. The van der Waals surface area contributed by atoms with E-state index in [4.69, 9.17) is 0 Å². The fourth-order valence-corrected chi connectivity index (χ4v) is 5.35. The number of benzene rings is 1. The summed E-state index contributed by atoms with van der Waals surface area (Å²) in [6.45, 7) is 3.52. The van der Waals surface area contributed by atoms with Gasteiger partial charge in [-0.3, -0.25) is 0 Å². The van der Waals surface area contributed by atoms with Crippen molar-refractivity contribution in [3.05, 3.63) is 24.3 Å². The van der Waals surface area contributed by atoms with Crippen LogP contribution in [0.5, 0.6) is 0 Å². The summed E-state index contributed by atoms with van der Waals surface area (Å²) in [6.07, 6.45) is 2.34. The van der Waals surface area contributed by atoms with Crippen LogP contribution in [-0.2, 0) is 9.84 Å². The van der Waals surface area contributed by atoms with E-state index in [0.29, 0.717) is 23.2 Å². The molecular formula is C16H23NO3S. The lowest BCUT2D eigenvalue weighted by molar-refractivity contribution is 0.133. The molecule has 21 heavy (non-hydrogen) atoms. The van der Waals surface area contributed by atoms with Gasteiger partial charge in [-0.25, -0.2) is 8.42 Å². The Morgan fingerprint density at radius 3 is 2.71 bits per heavy atom. The molecule has 2 fully saturated rings. The molecule has 0 bridgehead atoms. The van der Waals surface area contributed by atoms with Crippen LogP contribution in [0.2, 0.25) is 0 Å². The van der Waals surface area contributed by atoms with Crippen molar-refractivity contribution < 1.29 is 13.5 Å². The zero-order valence-electron chi connectivity index (χ0n) is 12.4. The lowest BCUT2D eigenvalue weighted by Crippen LogP contribution is -2.26. The molecule has 1 heterocycles. The second-order valence-corrected chi connectivity index (χ2v) is 8.34. The van der Waals surface area contributed by atoms with Crippen LogP contribution in [0.1, 0.15) is 26.2 Å². The second-order valence-electron chi connectivity index (χ2n) is 6.26. The number of rotatable bonds is 4. The maximum Gasteiger partial charge on any atom is 0.180 e. The summed E-state index contributed by atoms with van der Waals surface area (Å²) in [4.78, 5) is 2.60. The molecule has 0 aromatic heterocycles. The Morgan fingerprint density at radius 1 is 1.24 bits per heavy atom. The highest BCUT2D eigenvalue weighted by atomic mass is 32.2. The first-order valence-electron chi connectivity index (χ1n) is 7.77. The average Bonchev–Trinajstić information content (AvgIpc) is 3.01. The van der Waals surface area contributed by atoms with Gasteiger partial charge in [0.2, 0.25) is 0 Å². The first-order valence-corrected chi connectivity index (χ1v) is 9.43. The summed E-state index contributed by atoms with van der Waals surface area (Å²) in [5, 5.41) is 10.0. The molecule has 0 amide bonds. The van der Waals surface area contributed by atoms with Crippen LogP contribution >= 0.6 is 0 Å². The monoisotopic (exact) mass is 309 g/mol. The van der Waals surface area contributed by atoms with Gasteiger partial charge in [0.05, 0.1) is 22.4 Å². The lowest BCUT2D eigenvalue weighted by Gasteiger charge is -2.23. The average molecular weight is 309 g/mol. The zero-order chi connectivity index (χ0) is 15.0. The smallest absolute Gasteiger partial charge is 0.180 e. The van der Waals surface area contributed by atoms with Crippen LogP contribution in [0.25, 0.3) is 0 Å². The summed E-state index contributed by atoms with van der Waals surface area (Å²) < 4.78 is 24.9. The number of hydrogen-bond donors (Lipinski definition) is 1. The van der Waals surface area contributed by atoms with Gasteiger partial charge in [0.1, 0.15) is 0 Å². The summed E-state index contributed by atoms with van der Waals surface area (Å²) in [5.41, 5.74) is 0.813. The maximum atomic E-state index is 12.4. The number of sulfone groups is 1. The van der Waals surface area contributed by atoms with Gasteiger partial charge >= 0.3 is 0 Å². The van der Waals surface area contributed by atoms with Crippen molar-refractivity contribution in [3.8, 4) is 0 Å². The molecule has 3 rings (SSSR count). The molecule has 1 aliphatic heterocycles. The Hall–Kier alpha value is -1.07. The standard InChI is InChI=1S/C16H23NO3S/c1-2-9-21(19,20)16-6-4-3-5-14(16)17-10-12-7-8-15(18)13(12)11-17/h3-6,12-13,15,18H,2,7-11H2,1H3. The number of fused-ring (bicyclic) bond motifs is 1. The third-order valence-corrected chi connectivity index (χ3v) is 6.79. The fraction of sp³-hybridized carbons (Fsp3) is 0.625. The Labute approximate surface area is 126 Å². The molecule has 1 saturated heterocycles. The van der Waals surface area contributed by atoms with Crippen LogP contribution in [0.3, 0.4) is 0 Å². The first kappa shape index (κ1) is 14.9. The molecule has 116 valence electrons. The van der Waals surface area contributed by atoms with Crippen LogP contribution in [0.15, 0.2) is 29.2 Å². The summed E-state index contributed by atoms with van der Waals surface area (Å²) in [7, 11) is -3.22. The number of para-hydroxylation sites is 1. The molecule has 1 aromatic carbocycles. The van der Waals surface area contributed by atoms with E-state index >= 15 is 0 Å². The van der Waals surface area contributed by atoms with E-state index in [0.717, 1.165) is 31.6 Å². The van der Waals surface area contributed by atoms with Crippen molar-refractivity contribution in [1.82, 2.24) is 0 Å². The summed E-state index contributed by atoms with van der Waals surface area (Å²) in [6, 6.07) is 7.30. The molecule has 1 aromatic rings. The molecule has 1 aliphatic carbocycles. The van der Waals surface area contributed by atoms with Gasteiger partial charge < -0.3 is 10.0 Å². The predicted octanol–water partition coefficient (Wildman–Crippen LogP) is 2.08. The van der Waals surface area contributed by atoms with Crippen molar-refractivity contribution >= 4 is 15.5 Å². The van der Waals surface area contributed by atoms with Crippen LogP contribution in [0.4, 0.5) is 5.69 Å². The second kappa shape index (κ2) is 5.61. The largest absolute Gasteiger partial charge is 0.393 e. The lowest BCUT2D eigenvalue weighted by atomic mass is 10.00. The SMILES string of the molecule is CCCS(=O)(=O)c1ccccc1N1CC2CCC(O)C2C1. The first-order chi connectivity index (χ1) is 10.0. The van der Waals surface area contributed by atoms with E-state index in [1.54, 1.807) is 12.1 Å². The minimum absolute atomic E-state index is 0.188. The number of aliphatic hydroxyl groups excluding tert-OH is 1. The Bertz CT molecular complexity index is 614. The number of hydrogen-bond acceptors (Lipinski definition) is 4. The number of anilines is 1. The van der Waals surface area contributed by atoms with Gasteiger partial charge in [-0.15, -0.1) is 0 Å². The summed E-state index contributed by atoms with van der Waals surface area (Å²) in [5.74, 6) is 0.988. The van der Waals surface area contributed by atoms with E-state index in [1.807, 2.05) is 19.1 Å². The molecule has 5 heteroatoms. The van der Waals surface area contributed by atoms with Gasteiger partial charge in [0.25, 0.3) is 0 Å². The molecule has 3 unspecified atom stereocenters. The highest BCUT2D eigenvalue weighted by Gasteiger charge is 2.42. The Morgan fingerprint density at radius 2 is 2.00 bits per heavy atom. The topological polar surface area (TPSA) is 57.6 Å². The molecule has 1 N–H and O–H groups in total. The molecule has 0 radical (unpaired) electrons. The van der Waals surface area contributed by atoms with E-state index in [-0.39, 0.29) is 11.9 Å². The van der Waals surface area contributed by atoms with E-state index < -0.39 is 9.84 Å². The van der Waals surface area contributed by atoms with Crippen molar-refractivity contribution in [1.29, 1.82) is 0 Å². The third-order valence-electron chi connectivity index (χ3n) is 4.83. The van der Waals surface area contributed by atoms with Crippen molar-refractivity contribution in [2.75, 3.05) is 23.7 Å². The Kier molecular flexibility index (Phi) is 3.97. The third kappa shape index (κ3) is 2.69. The molecule has 1 saturated carbocycles. The molecular weight excluding hydrogens is 286 g/mol. The van der Waals surface area contributed by atoms with E-state index in [9.17, 15) is 13.5 Å². The van der Waals surface area contributed by atoms with Crippen molar-refractivity contribution in [2.24, 2.45) is 11.8 Å². The predicted molar refractivity (Wildman–Crippen MR) is 83.2 cm³/mol. The van der Waals surface area contributed by atoms with E-state index in [1.165, 1.54) is 0 Å². The highest BCUT2D eigenvalue weighted by Crippen LogP contribution is 2.41. The van der Waals surface area contributed by atoms with Gasteiger partial charge in [-0.2, -0.15) is 0 Å². The molecule has 4 nitrogen and oxygen atoms in total. The Balaban J connectivity index is 1.90. The van der Waals surface area contributed by atoms with Crippen LogP contribution in [-0.4, -0.2) is 38.5 Å². The van der Waals surface area contributed by atoms with Gasteiger partial charge in [0.15, 0.2) is 9.84 Å². The van der Waals surface area contributed by atoms with Crippen LogP contribution < -0.4 is 4.90 Å². The van der Waals surface area contributed by atoms with Crippen molar-refractivity contribution in [3.63, 3.8) is 0 Å². The van der Waals surface area contributed by atoms with Gasteiger partial charge in [0, 0.05) is 19.0 Å². The normalized spacial score (nSPS) is 28.9. The number of aliphatic hydroxyl groups is 1. The maximum absolute atomic E-state index is 12.4.